The summed E-state index contributed by atoms with van der Waals surface area (Å²) in [5.74, 6) is 4.44. The second-order valence-electron chi connectivity index (χ2n) is 5.56. The van der Waals surface area contributed by atoms with Crippen LogP contribution in [0.1, 0.15) is 37.0 Å². The van der Waals surface area contributed by atoms with E-state index < -0.39 is 12.1 Å². The molecule has 0 spiro atoms. The first-order chi connectivity index (χ1) is 9.50. The van der Waals surface area contributed by atoms with Crippen LogP contribution < -0.4 is 11.3 Å². The molecule has 3 unspecified atom stereocenters. The highest BCUT2D eigenvalue weighted by atomic mass is 32.1. The van der Waals surface area contributed by atoms with Gasteiger partial charge in [0.1, 0.15) is 0 Å². The van der Waals surface area contributed by atoms with E-state index in [2.05, 4.69) is 11.5 Å². The zero-order chi connectivity index (χ0) is 14.6. The van der Waals surface area contributed by atoms with E-state index in [0.717, 1.165) is 19.3 Å². The van der Waals surface area contributed by atoms with Crippen molar-refractivity contribution in [2.75, 3.05) is 0 Å². The lowest BCUT2D eigenvalue weighted by atomic mass is 9.76. The van der Waals surface area contributed by atoms with Crippen molar-refractivity contribution < 1.29 is 13.2 Å². The van der Waals surface area contributed by atoms with E-state index in [1.807, 2.05) is 11.4 Å². The van der Waals surface area contributed by atoms with Gasteiger partial charge in [0.05, 0.1) is 5.92 Å². The highest BCUT2D eigenvalue weighted by Crippen LogP contribution is 2.41. The van der Waals surface area contributed by atoms with Gasteiger partial charge in [-0.15, -0.1) is 11.3 Å². The number of hydrazine groups is 1. The normalized spacial score (nSPS) is 25.6. The van der Waals surface area contributed by atoms with Gasteiger partial charge < -0.3 is 0 Å². The molecule has 0 amide bonds. The average molecular weight is 306 g/mol. The topological polar surface area (TPSA) is 38.0 Å². The lowest BCUT2D eigenvalue weighted by molar-refractivity contribution is -0.186. The zero-order valence-corrected chi connectivity index (χ0v) is 12.1. The first-order valence-corrected chi connectivity index (χ1v) is 7.94. The van der Waals surface area contributed by atoms with E-state index in [9.17, 15) is 13.2 Å². The summed E-state index contributed by atoms with van der Waals surface area (Å²) in [5.41, 5.74) is 2.74. The van der Waals surface area contributed by atoms with Gasteiger partial charge in [-0.3, -0.25) is 11.3 Å². The third kappa shape index (κ3) is 4.20. The van der Waals surface area contributed by atoms with E-state index in [0.29, 0.717) is 6.42 Å². The van der Waals surface area contributed by atoms with Crippen molar-refractivity contribution in [3.05, 3.63) is 22.4 Å². The highest BCUT2D eigenvalue weighted by molar-refractivity contribution is 7.09. The lowest BCUT2D eigenvalue weighted by Crippen LogP contribution is -2.44. The summed E-state index contributed by atoms with van der Waals surface area (Å²) in [7, 11) is 0. The lowest BCUT2D eigenvalue weighted by Gasteiger charge is -2.35. The maximum atomic E-state index is 12.8. The van der Waals surface area contributed by atoms with Gasteiger partial charge in [0.2, 0.25) is 0 Å². The molecule has 1 heterocycles. The molecule has 0 saturated heterocycles. The molecule has 0 aliphatic heterocycles. The molecule has 0 bridgehead atoms. The van der Waals surface area contributed by atoms with E-state index in [1.165, 1.54) is 4.88 Å². The van der Waals surface area contributed by atoms with Gasteiger partial charge in [-0.05, 0) is 49.5 Å². The molecule has 2 nitrogen and oxygen atoms in total. The fourth-order valence-corrected chi connectivity index (χ4v) is 3.82. The van der Waals surface area contributed by atoms with Crippen LogP contribution >= 0.6 is 11.3 Å². The van der Waals surface area contributed by atoms with Crippen LogP contribution in [-0.2, 0) is 6.42 Å². The molecule has 1 saturated carbocycles. The third-order valence-electron chi connectivity index (χ3n) is 4.24. The van der Waals surface area contributed by atoms with Gasteiger partial charge in [0.25, 0.3) is 0 Å². The van der Waals surface area contributed by atoms with Crippen molar-refractivity contribution in [2.45, 2.75) is 50.7 Å². The van der Waals surface area contributed by atoms with Gasteiger partial charge >= 0.3 is 6.18 Å². The Bertz CT molecular complexity index is 392. The molecule has 1 fully saturated rings. The Kier molecular flexibility index (Phi) is 5.46. The van der Waals surface area contributed by atoms with Crippen LogP contribution in [0.5, 0.6) is 0 Å². The predicted octanol–water partition coefficient (Wildman–Crippen LogP) is 3.88. The van der Waals surface area contributed by atoms with Crippen LogP contribution in [0, 0.1) is 11.8 Å². The quantitative estimate of drug-likeness (QED) is 0.640. The molecule has 2 rings (SSSR count). The molecule has 6 heteroatoms. The molecule has 1 aromatic rings. The number of thiophene rings is 1. The van der Waals surface area contributed by atoms with Crippen molar-refractivity contribution in [1.29, 1.82) is 0 Å². The number of halogens is 3. The Morgan fingerprint density at radius 3 is 2.80 bits per heavy atom. The Hall–Kier alpha value is -0.590. The second kappa shape index (κ2) is 6.91. The van der Waals surface area contributed by atoms with E-state index in [1.54, 1.807) is 11.3 Å². The van der Waals surface area contributed by atoms with Crippen molar-refractivity contribution in [1.82, 2.24) is 5.43 Å². The van der Waals surface area contributed by atoms with Gasteiger partial charge in [-0.25, -0.2) is 0 Å². The molecular formula is C14H21F3N2S. The Morgan fingerprint density at radius 2 is 2.20 bits per heavy atom. The van der Waals surface area contributed by atoms with E-state index in [-0.39, 0.29) is 24.8 Å². The summed E-state index contributed by atoms with van der Waals surface area (Å²) < 4.78 is 38.5. The number of nitrogens with two attached hydrogens (primary N) is 1. The molecule has 0 aromatic carbocycles. The first kappa shape index (κ1) is 15.8. The monoisotopic (exact) mass is 306 g/mol. The number of nitrogens with one attached hydrogen (secondary N) is 1. The van der Waals surface area contributed by atoms with Crippen molar-refractivity contribution in [2.24, 2.45) is 17.7 Å². The summed E-state index contributed by atoms with van der Waals surface area (Å²) >= 11 is 1.68. The smallest absolute Gasteiger partial charge is 0.271 e. The maximum absolute atomic E-state index is 12.8. The van der Waals surface area contributed by atoms with Gasteiger partial charge in [-0.1, -0.05) is 12.5 Å². The Morgan fingerprint density at radius 1 is 1.40 bits per heavy atom. The SMILES string of the molecule is NNC(CCc1cccs1)C1CCCC(C(F)(F)F)C1. The van der Waals surface area contributed by atoms with Crippen LogP contribution in [0.15, 0.2) is 17.5 Å². The second-order valence-corrected chi connectivity index (χ2v) is 6.59. The minimum atomic E-state index is -4.06. The molecule has 1 aliphatic rings. The fourth-order valence-electron chi connectivity index (χ4n) is 3.10. The summed E-state index contributed by atoms with van der Waals surface area (Å²) in [6, 6.07) is 4.02. The van der Waals surface area contributed by atoms with Crippen LogP contribution in [0.2, 0.25) is 0 Å². The van der Waals surface area contributed by atoms with Crippen molar-refractivity contribution >= 4 is 11.3 Å². The number of hydrogen-bond acceptors (Lipinski definition) is 3. The highest BCUT2D eigenvalue weighted by Gasteiger charge is 2.43. The molecule has 114 valence electrons. The zero-order valence-electron chi connectivity index (χ0n) is 11.3. The number of rotatable bonds is 5. The van der Waals surface area contributed by atoms with Gasteiger partial charge in [-0.2, -0.15) is 13.2 Å². The molecule has 3 atom stereocenters. The Balaban J connectivity index is 1.89. The molecule has 20 heavy (non-hydrogen) atoms. The van der Waals surface area contributed by atoms with Crippen molar-refractivity contribution in [3.63, 3.8) is 0 Å². The minimum Gasteiger partial charge on any atom is -0.271 e. The Labute approximate surface area is 121 Å². The third-order valence-corrected chi connectivity index (χ3v) is 5.18. The van der Waals surface area contributed by atoms with Crippen LogP contribution in [0.25, 0.3) is 0 Å². The molecule has 1 aliphatic carbocycles. The first-order valence-electron chi connectivity index (χ1n) is 7.06. The average Bonchev–Trinajstić information content (AvgIpc) is 2.92. The van der Waals surface area contributed by atoms with Gasteiger partial charge in [0.15, 0.2) is 0 Å². The molecule has 3 N–H and O–H groups in total. The van der Waals surface area contributed by atoms with Gasteiger partial charge in [0, 0.05) is 10.9 Å². The fraction of sp³-hybridized carbons (Fsp3) is 0.714. The van der Waals surface area contributed by atoms with Crippen LogP contribution in [0.4, 0.5) is 13.2 Å². The van der Waals surface area contributed by atoms with Crippen molar-refractivity contribution in [3.8, 4) is 0 Å². The summed E-state index contributed by atoms with van der Waals surface area (Å²) in [6.45, 7) is 0. The molecule has 0 radical (unpaired) electrons. The molecular weight excluding hydrogens is 285 g/mol. The van der Waals surface area contributed by atoms with Crippen LogP contribution in [-0.4, -0.2) is 12.2 Å². The standard InChI is InChI=1S/C14H21F3N2S/c15-14(16,17)11-4-1-3-10(9-11)13(19-18)7-6-12-5-2-8-20-12/h2,5,8,10-11,13,19H,1,3-4,6-7,9,18H2. The van der Waals surface area contributed by atoms with E-state index >= 15 is 0 Å². The summed E-state index contributed by atoms with van der Waals surface area (Å²) in [6.07, 6.45) is -0.430. The number of hydrogen-bond donors (Lipinski definition) is 2. The molecule has 1 aromatic heterocycles. The van der Waals surface area contributed by atoms with E-state index in [4.69, 9.17) is 5.84 Å². The van der Waals surface area contributed by atoms with Crippen LogP contribution in [0.3, 0.4) is 0 Å². The maximum Gasteiger partial charge on any atom is 0.391 e. The largest absolute Gasteiger partial charge is 0.391 e. The minimum absolute atomic E-state index is 0.0257. The predicted molar refractivity (Wildman–Crippen MR) is 75.3 cm³/mol. The summed E-state index contributed by atoms with van der Waals surface area (Å²) in [4.78, 5) is 1.26. The summed E-state index contributed by atoms with van der Waals surface area (Å²) in [5, 5.41) is 2.01. The number of aryl methyl sites for hydroxylation is 1. The number of alkyl halides is 3.